The van der Waals surface area contributed by atoms with E-state index >= 15 is 0 Å². The summed E-state index contributed by atoms with van der Waals surface area (Å²) in [6.45, 7) is 0.579. The van der Waals surface area contributed by atoms with E-state index in [2.05, 4.69) is 0 Å². The highest BCUT2D eigenvalue weighted by Gasteiger charge is 2.51. The van der Waals surface area contributed by atoms with Crippen LogP contribution < -0.4 is 5.73 Å². The number of imide groups is 1. The Balaban J connectivity index is 1.85. The number of nitrogens with two attached hydrogens (primary N) is 1. The predicted octanol–water partition coefficient (Wildman–Crippen LogP) is 1.06. The smallest absolute Gasteiger partial charge is 0.233 e. The second kappa shape index (κ2) is 4.50. The first kappa shape index (κ1) is 11.9. The third kappa shape index (κ3) is 1.62. The number of carbonyl (C=O) groups excluding carboxylic acids is 2. The van der Waals surface area contributed by atoms with Crippen LogP contribution in [0.5, 0.6) is 0 Å². The van der Waals surface area contributed by atoms with E-state index in [9.17, 15) is 9.59 Å². The average molecular weight is 248 g/mol. The van der Waals surface area contributed by atoms with Crippen LogP contribution in [0.2, 0.25) is 0 Å². The maximum absolute atomic E-state index is 12.4. The minimum Gasteiger partial charge on any atom is -0.330 e. The molecule has 4 atom stereocenters. The molecule has 0 aromatic heterocycles. The van der Waals surface area contributed by atoms with Crippen molar-refractivity contribution in [2.75, 3.05) is 6.54 Å². The maximum atomic E-state index is 12.4. The van der Waals surface area contributed by atoms with Gasteiger partial charge in [-0.05, 0) is 38.1 Å². The first-order chi connectivity index (χ1) is 8.74. The molecule has 2 amide bonds. The predicted molar refractivity (Wildman–Crippen MR) is 67.4 cm³/mol. The maximum Gasteiger partial charge on any atom is 0.233 e. The fraction of sp³-hybridized carbons (Fsp3) is 0.714. The highest BCUT2D eigenvalue weighted by molar-refractivity contribution is 6.05. The Morgan fingerprint density at radius 3 is 2.28 bits per heavy atom. The zero-order chi connectivity index (χ0) is 12.7. The molecular formula is C14H20N2O2. The molecule has 3 aliphatic rings. The molecule has 1 aliphatic heterocycles. The highest BCUT2D eigenvalue weighted by Crippen LogP contribution is 2.40. The Morgan fingerprint density at radius 1 is 1.11 bits per heavy atom. The lowest BCUT2D eigenvalue weighted by molar-refractivity contribution is -0.143. The van der Waals surface area contributed by atoms with Crippen LogP contribution in [0.15, 0.2) is 12.2 Å². The molecule has 1 heterocycles. The van der Waals surface area contributed by atoms with E-state index in [4.69, 9.17) is 5.73 Å². The summed E-state index contributed by atoms with van der Waals surface area (Å²) >= 11 is 0. The summed E-state index contributed by atoms with van der Waals surface area (Å²) in [4.78, 5) is 26.4. The summed E-state index contributed by atoms with van der Waals surface area (Å²) in [5, 5.41) is 0. The van der Waals surface area contributed by atoms with Crippen LogP contribution >= 0.6 is 0 Å². The van der Waals surface area contributed by atoms with Crippen LogP contribution in [-0.4, -0.2) is 29.3 Å². The standard InChI is InChI=1S/C14H20N2O2/c15-8-9-4-3-7-12(9)16-13(17)10-5-1-2-6-11(10)14(16)18/h1-2,9-12H,3-8,15H2. The van der Waals surface area contributed by atoms with E-state index in [-0.39, 0.29) is 29.7 Å². The summed E-state index contributed by atoms with van der Waals surface area (Å²) in [6.07, 6.45) is 8.59. The van der Waals surface area contributed by atoms with Crippen LogP contribution in [-0.2, 0) is 9.59 Å². The van der Waals surface area contributed by atoms with Gasteiger partial charge >= 0.3 is 0 Å². The number of allylic oxidation sites excluding steroid dienone is 2. The average Bonchev–Trinajstić information content (AvgIpc) is 2.95. The number of nitrogens with zero attached hydrogens (tertiary/aromatic N) is 1. The molecule has 2 aliphatic carbocycles. The second-order valence-electron chi connectivity index (χ2n) is 5.70. The van der Waals surface area contributed by atoms with E-state index in [0.717, 1.165) is 32.1 Å². The molecule has 4 unspecified atom stereocenters. The molecule has 2 N–H and O–H groups in total. The fourth-order valence-corrected chi connectivity index (χ4v) is 3.78. The number of likely N-dealkylation sites (tertiary alicyclic amines) is 1. The minimum atomic E-state index is -0.0958. The molecule has 1 saturated heterocycles. The first-order valence-electron chi connectivity index (χ1n) is 6.96. The molecule has 0 bridgehead atoms. The number of hydrogen-bond donors (Lipinski definition) is 1. The van der Waals surface area contributed by atoms with E-state index in [1.807, 2.05) is 12.2 Å². The van der Waals surface area contributed by atoms with Gasteiger partial charge in [-0.15, -0.1) is 0 Å². The molecule has 0 aromatic rings. The number of fused-ring (bicyclic) bond motifs is 1. The van der Waals surface area contributed by atoms with Crippen molar-refractivity contribution < 1.29 is 9.59 Å². The summed E-state index contributed by atoms with van der Waals surface area (Å²) in [5.74, 6) is 0.230. The van der Waals surface area contributed by atoms with Gasteiger partial charge in [0.2, 0.25) is 11.8 Å². The summed E-state index contributed by atoms with van der Waals surface area (Å²) in [7, 11) is 0. The fourth-order valence-electron chi connectivity index (χ4n) is 3.78. The number of rotatable bonds is 2. The third-order valence-electron chi connectivity index (χ3n) is 4.80. The number of carbonyl (C=O) groups is 2. The summed E-state index contributed by atoms with van der Waals surface area (Å²) in [5.41, 5.74) is 5.77. The lowest BCUT2D eigenvalue weighted by atomic mass is 9.85. The van der Waals surface area contributed by atoms with Gasteiger partial charge in [0.1, 0.15) is 0 Å². The molecule has 0 radical (unpaired) electrons. The zero-order valence-corrected chi connectivity index (χ0v) is 10.5. The minimum absolute atomic E-state index is 0.0553. The van der Waals surface area contributed by atoms with Crippen molar-refractivity contribution in [3.05, 3.63) is 12.2 Å². The lowest BCUT2D eigenvalue weighted by Crippen LogP contribution is -2.44. The van der Waals surface area contributed by atoms with Crippen molar-refractivity contribution in [3.63, 3.8) is 0 Å². The van der Waals surface area contributed by atoms with Gasteiger partial charge in [-0.2, -0.15) is 0 Å². The lowest BCUT2D eigenvalue weighted by Gasteiger charge is -2.27. The van der Waals surface area contributed by atoms with Crippen molar-refractivity contribution in [3.8, 4) is 0 Å². The molecule has 4 heteroatoms. The van der Waals surface area contributed by atoms with E-state index in [1.165, 1.54) is 0 Å². The molecule has 4 nitrogen and oxygen atoms in total. The number of amides is 2. The largest absolute Gasteiger partial charge is 0.330 e. The van der Waals surface area contributed by atoms with Crippen molar-refractivity contribution in [2.24, 2.45) is 23.5 Å². The third-order valence-corrected chi connectivity index (χ3v) is 4.80. The summed E-state index contributed by atoms with van der Waals surface area (Å²) in [6, 6.07) is 0.0700. The van der Waals surface area contributed by atoms with Gasteiger partial charge in [0.15, 0.2) is 0 Å². The van der Waals surface area contributed by atoms with Gasteiger partial charge in [-0.25, -0.2) is 0 Å². The van der Waals surface area contributed by atoms with Crippen LogP contribution in [0.4, 0.5) is 0 Å². The highest BCUT2D eigenvalue weighted by atomic mass is 16.2. The normalized spacial score (nSPS) is 39.5. The quantitative estimate of drug-likeness (QED) is 0.587. The van der Waals surface area contributed by atoms with Gasteiger partial charge < -0.3 is 5.73 Å². The van der Waals surface area contributed by atoms with E-state index < -0.39 is 0 Å². The Hall–Kier alpha value is -1.16. The first-order valence-corrected chi connectivity index (χ1v) is 6.96. The monoisotopic (exact) mass is 248 g/mol. The topological polar surface area (TPSA) is 63.4 Å². The van der Waals surface area contributed by atoms with Crippen molar-refractivity contribution in [1.29, 1.82) is 0 Å². The molecule has 0 spiro atoms. The molecule has 98 valence electrons. The van der Waals surface area contributed by atoms with Gasteiger partial charge in [-0.3, -0.25) is 14.5 Å². The van der Waals surface area contributed by atoms with Gasteiger partial charge in [0.05, 0.1) is 11.8 Å². The molecular weight excluding hydrogens is 228 g/mol. The number of hydrogen-bond acceptors (Lipinski definition) is 3. The van der Waals surface area contributed by atoms with Crippen molar-refractivity contribution >= 4 is 11.8 Å². The SMILES string of the molecule is NCC1CCCC1N1C(=O)C2CC=CCC2C1=O. The zero-order valence-electron chi connectivity index (χ0n) is 10.5. The van der Waals surface area contributed by atoms with Gasteiger partial charge in [-0.1, -0.05) is 18.6 Å². The summed E-state index contributed by atoms with van der Waals surface area (Å²) < 4.78 is 0. The van der Waals surface area contributed by atoms with E-state index in [0.29, 0.717) is 12.5 Å². The Morgan fingerprint density at radius 2 is 1.72 bits per heavy atom. The van der Waals surface area contributed by atoms with E-state index in [1.54, 1.807) is 4.90 Å². The Kier molecular flexibility index (Phi) is 2.98. The van der Waals surface area contributed by atoms with Crippen LogP contribution in [0.1, 0.15) is 32.1 Å². The van der Waals surface area contributed by atoms with Crippen LogP contribution in [0, 0.1) is 17.8 Å². The van der Waals surface area contributed by atoms with Crippen molar-refractivity contribution in [1.82, 2.24) is 4.90 Å². The van der Waals surface area contributed by atoms with Gasteiger partial charge in [0, 0.05) is 6.04 Å². The second-order valence-corrected chi connectivity index (χ2v) is 5.70. The van der Waals surface area contributed by atoms with Crippen molar-refractivity contribution in [2.45, 2.75) is 38.1 Å². The van der Waals surface area contributed by atoms with Crippen LogP contribution in [0.3, 0.4) is 0 Å². The molecule has 0 aromatic carbocycles. The molecule has 18 heavy (non-hydrogen) atoms. The Labute approximate surface area is 107 Å². The Bertz CT molecular complexity index is 379. The molecule has 2 fully saturated rings. The molecule has 3 rings (SSSR count). The van der Waals surface area contributed by atoms with Gasteiger partial charge in [0.25, 0.3) is 0 Å². The molecule has 1 saturated carbocycles. The van der Waals surface area contributed by atoms with Crippen LogP contribution in [0.25, 0.3) is 0 Å².